The number of rotatable bonds is 4. The zero-order chi connectivity index (χ0) is 13.0. The van der Waals surface area contributed by atoms with Crippen molar-refractivity contribution in [2.45, 2.75) is 6.92 Å². The average molecular weight is 241 g/mol. The number of halogens is 1. The van der Waals surface area contributed by atoms with E-state index < -0.39 is 10.7 Å². The molecule has 1 aromatic rings. The molecule has 17 heavy (non-hydrogen) atoms. The van der Waals surface area contributed by atoms with Crippen LogP contribution in [0.5, 0.6) is 11.5 Å². The number of hydrogen-bond acceptors (Lipinski definition) is 4. The van der Waals surface area contributed by atoms with Crippen molar-refractivity contribution in [1.82, 2.24) is 0 Å². The number of benzene rings is 1. The van der Waals surface area contributed by atoms with Crippen molar-refractivity contribution in [3.05, 3.63) is 39.3 Å². The molecule has 0 aliphatic rings. The van der Waals surface area contributed by atoms with Gasteiger partial charge in [-0.1, -0.05) is 0 Å². The van der Waals surface area contributed by atoms with Crippen molar-refractivity contribution < 1.29 is 18.8 Å². The van der Waals surface area contributed by atoms with Crippen LogP contribution < -0.4 is 9.47 Å². The lowest BCUT2D eigenvalue weighted by Crippen LogP contribution is -1.96. The molecule has 92 valence electrons. The highest BCUT2D eigenvalue weighted by molar-refractivity contribution is 5.57. The molecule has 0 radical (unpaired) electrons. The topological polar surface area (TPSA) is 61.6 Å². The lowest BCUT2D eigenvalue weighted by Gasteiger charge is -2.08. The molecule has 0 aliphatic heterocycles. The predicted octanol–water partition coefficient (Wildman–Crippen LogP) is 2.48. The van der Waals surface area contributed by atoms with Crippen LogP contribution in [-0.4, -0.2) is 19.1 Å². The second-order valence-electron chi connectivity index (χ2n) is 3.27. The molecular formula is C11H12FNO4. The normalized spacial score (nSPS) is 11.2. The minimum atomic E-state index is -0.608. The Morgan fingerprint density at radius 3 is 2.35 bits per heavy atom. The van der Waals surface area contributed by atoms with Crippen molar-refractivity contribution in [1.29, 1.82) is 0 Å². The van der Waals surface area contributed by atoms with Crippen LogP contribution in [0.15, 0.2) is 17.8 Å². The molecular weight excluding hydrogens is 229 g/mol. The van der Waals surface area contributed by atoms with Crippen molar-refractivity contribution in [3.8, 4) is 11.5 Å². The number of nitrogens with zero attached hydrogens (tertiary/aromatic N) is 1. The molecule has 0 heterocycles. The number of nitro groups is 1. The van der Waals surface area contributed by atoms with Gasteiger partial charge in [-0.25, -0.2) is 4.39 Å². The van der Waals surface area contributed by atoms with E-state index in [-0.39, 0.29) is 17.0 Å². The van der Waals surface area contributed by atoms with Crippen LogP contribution >= 0.6 is 0 Å². The van der Waals surface area contributed by atoms with Gasteiger partial charge in [0.1, 0.15) is 5.82 Å². The third kappa shape index (κ3) is 2.93. The van der Waals surface area contributed by atoms with E-state index in [1.54, 1.807) is 0 Å². The average Bonchev–Trinajstić information content (AvgIpc) is 2.30. The Labute approximate surface area is 97.6 Å². The maximum absolute atomic E-state index is 13.6. The number of allylic oxidation sites excluding steroid dienone is 1. The summed E-state index contributed by atoms with van der Waals surface area (Å²) in [5.74, 6) is -0.0546. The molecule has 1 rings (SSSR count). The molecule has 1 aromatic carbocycles. The van der Waals surface area contributed by atoms with Crippen LogP contribution in [0.1, 0.15) is 12.5 Å². The Morgan fingerprint density at radius 2 is 1.88 bits per heavy atom. The van der Waals surface area contributed by atoms with Gasteiger partial charge in [0.2, 0.25) is 5.70 Å². The lowest BCUT2D eigenvalue weighted by molar-refractivity contribution is -0.422. The number of ether oxygens (including phenoxy) is 2. The van der Waals surface area contributed by atoms with Gasteiger partial charge >= 0.3 is 0 Å². The zero-order valence-electron chi connectivity index (χ0n) is 9.69. The first-order chi connectivity index (χ1) is 7.99. The summed E-state index contributed by atoms with van der Waals surface area (Å²) >= 11 is 0. The van der Waals surface area contributed by atoms with Crippen molar-refractivity contribution in [2.75, 3.05) is 14.2 Å². The van der Waals surface area contributed by atoms with Crippen LogP contribution in [0.3, 0.4) is 0 Å². The van der Waals surface area contributed by atoms with Crippen LogP contribution in [0, 0.1) is 15.9 Å². The van der Waals surface area contributed by atoms with Crippen LogP contribution in [0.4, 0.5) is 4.39 Å². The lowest BCUT2D eigenvalue weighted by atomic mass is 10.1. The van der Waals surface area contributed by atoms with E-state index in [0.29, 0.717) is 5.75 Å². The molecule has 0 fully saturated rings. The first kappa shape index (κ1) is 13.0. The van der Waals surface area contributed by atoms with Gasteiger partial charge in [0.05, 0.1) is 19.1 Å². The first-order valence-corrected chi connectivity index (χ1v) is 4.73. The Balaban J connectivity index is 3.26. The van der Waals surface area contributed by atoms with E-state index in [9.17, 15) is 14.5 Å². The summed E-state index contributed by atoms with van der Waals surface area (Å²) in [6.45, 7) is 1.29. The van der Waals surface area contributed by atoms with Gasteiger partial charge in [-0.15, -0.1) is 0 Å². The monoisotopic (exact) mass is 241 g/mol. The third-order valence-electron chi connectivity index (χ3n) is 2.16. The Morgan fingerprint density at radius 1 is 1.35 bits per heavy atom. The predicted molar refractivity (Wildman–Crippen MR) is 60.1 cm³/mol. The molecule has 0 bridgehead atoms. The van der Waals surface area contributed by atoms with Gasteiger partial charge in [0.25, 0.3) is 0 Å². The summed E-state index contributed by atoms with van der Waals surface area (Å²) < 4.78 is 23.5. The van der Waals surface area contributed by atoms with Crippen LogP contribution in [-0.2, 0) is 0 Å². The molecule has 0 saturated carbocycles. The maximum Gasteiger partial charge on any atom is 0.243 e. The largest absolute Gasteiger partial charge is 0.493 e. The molecule has 0 spiro atoms. The molecule has 5 nitrogen and oxygen atoms in total. The maximum atomic E-state index is 13.6. The molecule has 0 N–H and O–H groups in total. The van der Waals surface area contributed by atoms with Crippen LogP contribution in [0.25, 0.3) is 6.08 Å². The van der Waals surface area contributed by atoms with Crippen molar-refractivity contribution in [3.63, 3.8) is 0 Å². The highest BCUT2D eigenvalue weighted by atomic mass is 19.1. The van der Waals surface area contributed by atoms with E-state index in [2.05, 4.69) is 0 Å². The van der Waals surface area contributed by atoms with Crippen LogP contribution in [0.2, 0.25) is 0 Å². The molecule has 0 saturated heterocycles. The summed E-state index contributed by atoms with van der Waals surface area (Å²) in [5.41, 5.74) is -0.0760. The molecule has 0 unspecified atom stereocenters. The second-order valence-corrected chi connectivity index (χ2v) is 3.27. The van der Waals surface area contributed by atoms with Gasteiger partial charge in [-0.05, 0) is 6.07 Å². The molecule has 0 aromatic heterocycles. The zero-order valence-corrected chi connectivity index (χ0v) is 9.69. The Bertz CT molecular complexity index is 471. The van der Waals surface area contributed by atoms with Gasteiger partial charge in [0, 0.05) is 24.6 Å². The quantitative estimate of drug-likeness (QED) is 0.600. The highest BCUT2D eigenvalue weighted by Crippen LogP contribution is 2.30. The fraction of sp³-hybridized carbons (Fsp3) is 0.273. The van der Waals surface area contributed by atoms with E-state index in [1.165, 1.54) is 27.2 Å². The van der Waals surface area contributed by atoms with Gasteiger partial charge in [0.15, 0.2) is 11.5 Å². The third-order valence-corrected chi connectivity index (χ3v) is 2.16. The van der Waals surface area contributed by atoms with Gasteiger partial charge in [-0.3, -0.25) is 10.1 Å². The van der Waals surface area contributed by atoms with E-state index in [1.807, 2.05) is 0 Å². The fourth-order valence-electron chi connectivity index (χ4n) is 1.26. The Hall–Kier alpha value is -2.11. The SMILES string of the molecule is COc1cc(F)c(C=C(C)[N+](=O)[O-])cc1OC. The smallest absolute Gasteiger partial charge is 0.243 e. The van der Waals surface area contributed by atoms with E-state index >= 15 is 0 Å². The molecule has 0 aliphatic carbocycles. The van der Waals surface area contributed by atoms with E-state index in [0.717, 1.165) is 12.1 Å². The first-order valence-electron chi connectivity index (χ1n) is 4.73. The minimum absolute atomic E-state index is 0.0804. The summed E-state index contributed by atoms with van der Waals surface area (Å²) in [5, 5.41) is 10.5. The summed E-state index contributed by atoms with van der Waals surface area (Å²) in [6.07, 6.45) is 1.14. The Kier molecular flexibility index (Phi) is 4.03. The number of methoxy groups -OCH3 is 2. The standard InChI is InChI=1S/C11H12FNO4/c1-7(13(14)15)4-8-5-10(16-2)11(17-3)6-9(8)12/h4-6H,1-3H3. The number of hydrogen-bond donors (Lipinski definition) is 0. The van der Waals surface area contributed by atoms with Gasteiger partial charge < -0.3 is 9.47 Å². The minimum Gasteiger partial charge on any atom is -0.493 e. The fourth-order valence-corrected chi connectivity index (χ4v) is 1.26. The highest BCUT2D eigenvalue weighted by Gasteiger charge is 2.12. The van der Waals surface area contributed by atoms with Crippen molar-refractivity contribution in [2.24, 2.45) is 0 Å². The molecule has 0 amide bonds. The van der Waals surface area contributed by atoms with E-state index in [4.69, 9.17) is 9.47 Å². The van der Waals surface area contributed by atoms with Gasteiger partial charge in [-0.2, -0.15) is 0 Å². The summed E-state index contributed by atoms with van der Waals surface area (Å²) in [6, 6.07) is 2.47. The molecule has 0 atom stereocenters. The summed E-state index contributed by atoms with van der Waals surface area (Å²) in [4.78, 5) is 9.86. The summed E-state index contributed by atoms with van der Waals surface area (Å²) in [7, 11) is 2.79. The molecule has 6 heteroatoms. The van der Waals surface area contributed by atoms with Crippen molar-refractivity contribution >= 4 is 6.08 Å². The second kappa shape index (κ2) is 5.29.